The van der Waals surface area contributed by atoms with Gasteiger partial charge >= 0.3 is 11.7 Å². The van der Waals surface area contributed by atoms with Crippen LogP contribution in [0.3, 0.4) is 0 Å². The van der Waals surface area contributed by atoms with Gasteiger partial charge in [0.1, 0.15) is 17.0 Å². The highest BCUT2D eigenvalue weighted by Crippen LogP contribution is 2.27. The van der Waals surface area contributed by atoms with Gasteiger partial charge in [0.2, 0.25) is 0 Å². The van der Waals surface area contributed by atoms with Crippen molar-refractivity contribution in [2.45, 2.75) is 31.3 Å². The molecule has 20 heavy (non-hydrogen) atoms. The third kappa shape index (κ3) is 2.96. The van der Waals surface area contributed by atoms with Crippen LogP contribution in [0.5, 0.6) is 0 Å². The van der Waals surface area contributed by atoms with E-state index in [1.807, 2.05) is 0 Å². The molecular weight excluding hydrogens is 288 g/mol. The molecule has 2 rings (SSSR count). The number of hydrogen-bond donors (Lipinski definition) is 4. The summed E-state index contributed by atoms with van der Waals surface area (Å²) in [6.45, 7) is -0.364. The van der Waals surface area contributed by atoms with E-state index in [0.29, 0.717) is 0 Å². The van der Waals surface area contributed by atoms with Crippen LogP contribution in [-0.2, 0) is 16.0 Å². The van der Waals surface area contributed by atoms with Crippen LogP contribution < -0.4 is 5.69 Å². The van der Waals surface area contributed by atoms with Gasteiger partial charge in [0, 0.05) is 18.2 Å². The van der Waals surface area contributed by atoms with Crippen molar-refractivity contribution in [2.24, 2.45) is 0 Å². The van der Waals surface area contributed by atoms with Crippen molar-refractivity contribution < 1.29 is 24.9 Å². The Morgan fingerprint density at radius 1 is 1.60 bits per heavy atom. The van der Waals surface area contributed by atoms with Crippen molar-refractivity contribution in [3.05, 3.63) is 26.9 Å². The first-order valence-electron chi connectivity index (χ1n) is 5.93. The van der Waals surface area contributed by atoms with Gasteiger partial charge in [0.25, 0.3) is 0 Å². The molecule has 1 aliphatic rings. The molecule has 1 aromatic rings. The maximum atomic E-state index is 11.8. The molecule has 0 radical (unpaired) electrons. The summed E-state index contributed by atoms with van der Waals surface area (Å²) in [5.74, 6) is -1.07. The number of ether oxygens (including phenoxy) is 1. The predicted octanol–water partition coefficient (Wildman–Crippen LogP) is -0.826. The summed E-state index contributed by atoms with van der Waals surface area (Å²) in [6, 6.07) is 0. The van der Waals surface area contributed by atoms with Gasteiger partial charge in [-0.05, 0) is 0 Å². The van der Waals surface area contributed by atoms with Gasteiger partial charge < -0.3 is 20.1 Å². The Hall–Kier alpha value is -1.55. The van der Waals surface area contributed by atoms with Gasteiger partial charge in [0.15, 0.2) is 0 Å². The summed E-state index contributed by atoms with van der Waals surface area (Å²) in [5.41, 5.74) is -0.280. The Labute approximate surface area is 118 Å². The number of nitrogens with one attached hydrogen (secondary N) is 1. The van der Waals surface area contributed by atoms with Crippen molar-refractivity contribution in [1.29, 1.82) is 0 Å². The van der Waals surface area contributed by atoms with Gasteiger partial charge in [-0.3, -0.25) is 14.3 Å². The average Bonchev–Trinajstić information content (AvgIpc) is 2.73. The molecule has 3 atom stereocenters. The molecule has 0 aromatic carbocycles. The number of rotatable bonds is 4. The van der Waals surface area contributed by atoms with Gasteiger partial charge in [-0.15, -0.1) is 0 Å². The van der Waals surface area contributed by atoms with E-state index in [-0.39, 0.29) is 29.7 Å². The van der Waals surface area contributed by atoms with Crippen LogP contribution in [0.25, 0.3) is 0 Å². The maximum Gasteiger partial charge on any atom is 0.328 e. The Kier molecular flexibility index (Phi) is 4.33. The highest BCUT2D eigenvalue weighted by molar-refractivity contribution is 7.71. The smallest absolute Gasteiger partial charge is 0.328 e. The van der Waals surface area contributed by atoms with E-state index in [2.05, 4.69) is 4.98 Å². The van der Waals surface area contributed by atoms with Crippen LogP contribution >= 0.6 is 12.2 Å². The number of aliphatic carboxylic acids is 1. The number of carboxylic acid groups (broad SMARTS) is 1. The van der Waals surface area contributed by atoms with Gasteiger partial charge in [-0.25, -0.2) is 4.79 Å². The average molecular weight is 302 g/mol. The standard InChI is InChI=1S/C11H14N2O6S/c14-4-7-6(15)2-8(19-7)13-3-5(1-9(16)17)10(20)12-11(13)18/h3,6-8,14-15H,1-2,4H2,(H,16,17)(H,12,18,20)/t6-,7+,8+/m1/s1. The maximum absolute atomic E-state index is 11.8. The Morgan fingerprint density at radius 3 is 2.85 bits per heavy atom. The third-order valence-electron chi connectivity index (χ3n) is 3.08. The topological polar surface area (TPSA) is 125 Å². The van der Waals surface area contributed by atoms with E-state index in [4.69, 9.17) is 27.2 Å². The zero-order valence-electron chi connectivity index (χ0n) is 10.4. The van der Waals surface area contributed by atoms with Gasteiger partial charge in [0.05, 0.1) is 19.1 Å². The molecule has 1 aromatic heterocycles. The fourth-order valence-electron chi connectivity index (χ4n) is 2.08. The molecule has 0 spiro atoms. The fraction of sp³-hybridized carbons (Fsp3) is 0.545. The summed E-state index contributed by atoms with van der Waals surface area (Å²) in [5, 5.41) is 27.5. The van der Waals surface area contributed by atoms with E-state index in [1.165, 1.54) is 6.20 Å². The highest BCUT2D eigenvalue weighted by Gasteiger charge is 2.35. The SMILES string of the molecule is O=C(O)Cc1cn([C@@H]2C[C@@H](O)[C@H](CO)O2)c(=O)[nH]c1=S. The molecule has 1 aliphatic heterocycles. The van der Waals surface area contributed by atoms with Crippen LogP contribution in [-0.4, -0.2) is 49.7 Å². The number of nitrogens with zero attached hydrogens (tertiary/aromatic N) is 1. The Balaban J connectivity index is 2.35. The number of hydrogen-bond acceptors (Lipinski definition) is 6. The molecule has 1 fully saturated rings. The molecule has 1 saturated heterocycles. The second-order valence-electron chi connectivity index (χ2n) is 4.51. The van der Waals surface area contributed by atoms with E-state index in [0.717, 1.165) is 4.57 Å². The number of carboxylic acids is 1. The summed E-state index contributed by atoms with van der Waals surface area (Å²) >= 11 is 4.90. The zero-order valence-corrected chi connectivity index (χ0v) is 11.2. The fourth-order valence-corrected chi connectivity index (χ4v) is 2.29. The second kappa shape index (κ2) is 5.83. The van der Waals surface area contributed by atoms with Crippen molar-refractivity contribution in [3.8, 4) is 0 Å². The Morgan fingerprint density at radius 2 is 2.30 bits per heavy atom. The highest BCUT2D eigenvalue weighted by atomic mass is 32.1. The van der Waals surface area contributed by atoms with Gasteiger partial charge in [-0.1, -0.05) is 12.2 Å². The molecule has 110 valence electrons. The summed E-state index contributed by atoms with van der Waals surface area (Å²) in [7, 11) is 0. The monoisotopic (exact) mass is 302 g/mol. The van der Waals surface area contributed by atoms with Crippen molar-refractivity contribution >= 4 is 18.2 Å². The van der Waals surface area contributed by atoms with E-state index in [1.54, 1.807) is 0 Å². The first-order chi connectivity index (χ1) is 9.42. The van der Waals surface area contributed by atoms with Crippen molar-refractivity contribution in [1.82, 2.24) is 9.55 Å². The van der Waals surface area contributed by atoms with Gasteiger partial charge in [-0.2, -0.15) is 0 Å². The summed E-state index contributed by atoms with van der Waals surface area (Å²) in [4.78, 5) is 24.9. The molecule has 0 unspecified atom stereocenters. The minimum atomic E-state index is -1.07. The molecule has 0 bridgehead atoms. The number of aliphatic hydroxyl groups is 2. The lowest BCUT2D eigenvalue weighted by Gasteiger charge is -2.15. The summed E-state index contributed by atoms with van der Waals surface area (Å²) in [6.07, 6.45) is -1.31. The molecular formula is C11H14N2O6S. The summed E-state index contributed by atoms with van der Waals surface area (Å²) < 4.78 is 6.56. The second-order valence-corrected chi connectivity index (χ2v) is 4.91. The van der Waals surface area contributed by atoms with E-state index in [9.17, 15) is 14.7 Å². The lowest BCUT2D eigenvalue weighted by atomic mass is 10.2. The van der Waals surface area contributed by atoms with E-state index < -0.39 is 30.1 Å². The van der Waals surface area contributed by atoms with Crippen LogP contribution in [0.1, 0.15) is 18.2 Å². The number of carbonyl (C=O) groups is 1. The van der Waals surface area contributed by atoms with Crippen molar-refractivity contribution in [3.63, 3.8) is 0 Å². The molecule has 0 amide bonds. The number of H-pyrrole nitrogens is 1. The lowest BCUT2D eigenvalue weighted by molar-refractivity contribution is -0.136. The molecule has 2 heterocycles. The Bertz CT molecular complexity index is 624. The molecule has 4 N–H and O–H groups in total. The first kappa shape index (κ1) is 14.9. The van der Waals surface area contributed by atoms with Crippen LogP contribution in [0.15, 0.2) is 11.0 Å². The molecule has 0 aliphatic carbocycles. The number of aromatic amines is 1. The largest absolute Gasteiger partial charge is 0.481 e. The molecule has 0 saturated carbocycles. The normalized spacial score (nSPS) is 25.8. The van der Waals surface area contributed by atoms with Crippen LogP contribution in [0, 0.1) is 4.64 Å². The van der Waals surface area contributed by atoms with Crippen molar-refractivity contribution in [2.75, 3.05) is 6.61 Å². The number of aromatic nitrogens is 2. The quantitative estimate of drug-likeness (QED) is 0.535. The van der Waals surface area contributed by atoms with Crippen LogP contribution in [0.2, 0.25) is 0 Å². The first-order valence-corrected chi connectivity index (χ1v) is 6.33. The van der Waals surface area contributed by atoms with Crippen LogP contribution in [0.4, 0.5) is 0 Å². The predicted molar refractivity (Wildman–Crippen MR) is 68.8 cm³/mol. The zero-order chi connectivity index (χ0) is 14.9. The minimum Gasteiger partial charge on any atom is -0.481 e. The number of aliphatic hydroxyl groups excluding tert-OH is 2. The molecule has 9 heteroatoms. The third-order valence-corrected chi connectivity index (χ3v) is 3.44. The lowest BCUT2D eigenvalue weighted by Crippen LogP contribution is -2.28. The van der Waals surface area contributed by atoms with E-state index >= 15 is 0 Å². The minimum absolute atomic E-state index is 0.0610. The molecule has 8 nitrogen and oxygen atoms in total.